The van der Waals surface area contributed by atoms with Gasteiger partial charge in [-0.1, -0.05) is 65.3 Å². The van der Waals surface area contributed by atoms with Crippen molar-refractivity contribution in [2.24, 2.45) is 5.10 Å². The summed E-state index contributed by atoms with van der Waals surface area (Å²) in [5.41, 5.74) is 5.06. The van der Waals surface area contributed by atoms with Gasteiger partial charge in [0.1, 0.15) is 6.33 Å². The van der Waals surface area contributed by atoms with Crippen molar-refractivity contribution in [3.05, 3.63) is 93.0 Å². The molecular weight excluding hydrogens is 451 g/mol. The number of aryl methyl sites for hydroxylation is 1. The Morgan fingerprint density at radius 2 is 1.84 bits per heavy atom. The Morgan fingerprint density at radius 3 is 2.61 bits per heavy atom. The third-order valence-electron chi connectivity index (χ3n) is 4.81. The highest BCUT2D eigenvalue weighted by Crippen LogP contribution is 2.22. The number of hydrogen-bond donors (Lipinski definition) is 0. The lowest BCUT2D eigenvalue weighted by Crippen LogP contribution is -2.05. The largest absolute Gasteiger partial charge is 0.264 e. The van der Waals surface area contributed by atoms with Crippen LogP contribution in [0.15, 0.2) is 65.1 Å². The monoisotopic (exact) mass is 470 g/mol. The average molecular weight is 471 g/mol. The summed E-state index contributed by atoms with van der Waals surface area (Å²) in [5, 5.41) is 19.6. The number of rotatable bonds is 7. The van der Waals surface area contributed by atoms with E-state index in [9.17, 15) is 0 Å². The van der Waals surface area contributed by atoms with E-state index >= 15 is 0 Å². The van der Waals surface area contributed by atoms with Crippen LogP contribution in [0.3, 0.4) is 0 Å². The zero-order valence-electron chi connectivity index (χ0n) is 17.0. The molecule has 0 saturated heterocycles. The van der Waals surface area contributed by atoms with Crippen LogP contribution in [0.2, 0.25) is 10.0 Å². The lowest BCUT2D eigenvalue weighted by molar-refractivity contribution is 0.659. The molecule has 2 aromatic carbocycles. The first-order chi connectivity index (χ1) is 15.0. The van der Waals surface area contributed by atoms with Crippen molar-refractivity contribution in [3.8, 4) is 0 Å². The van der Waals surface area contributed by atoms with E-state index in [-0.39, 0.29) is 0 Å². The molecule has 6 nitrogen and oxygen atoms in total. The summed E-state index contributed by atoms with van der Waals surface area (Å²) in [7, 11) is 0. The van der Waals surface area contributed by atoms with Crippen LogP contribution in [0.1, 0.15) is 28.1 Å². The molecule has 4 aromatic rings. The first-order valence-corrected chi connectivity index (χ1v) is 11.3. The predicted octanol–water partition coefficient (Wildman–Crippen LogP) is 5.62. The summed E-state index contributed by atoms with van der Waals surface area (Å²) in [6.45, 7) is 4.61. The van der Waals surface area contributed by atoms with Crippen LogP contribution in [0.4, 0.5) is 0 Å². The Labute approximate surface area is 194 Å². The molecule has 0 aliphatic heterocycles. The van der Waals surface area contributed by atoms with Crippen molar-refractivity contribution < 1.29 is 0 Å². The zero-order valence-corrected chi connectivity index (χ0v) is 19.4. The minimum atomic E-state index is 0.606. The molecule has 0 radical (unpaired) electrons. The highest BCUT2D eigenvalue weighted by atomic mass is 35.5. The van der Waals surface area contributed by atoms with Crippen molar-refractivity contribution in [2.75, 3.05) is 0 Å². The number of halogens is 2. The van der Waals surface area contributed by atoms with E-state index in [1.165, 1.54) is 0 Å². The average Bonchev–Trinajstić information content (AvgIpc) is 3.31. The molecule has 0 aliphatic carbocycles. The normalized spacial score (nSPS) is 11.5. The third kappa shape index (κ3) is 5.18. The van der Waals surface area contributed by atoms with Gasteiger partial charge in [-0.3, -0.25) is 4.68 Å². The van der Waals surface area contributed by atoms with E-state index in [2.05, 4.69) is 20.4 Å². The Bertz CT molecular complexity index is 1210. The lowest BCUT2D eigenvalue weighted by Gasteiger charge is -2.06. The van der Waals surface area contributed by atoms with Gasteiger partial charge in [0, 0.05) is 27.1 Å². The fourth-order valence-corrected chi connectivity index (χ4v) is 4.22. The van der Waals surface area contributed by atoms with Gasteiger partial charge in [-0.2, -0.15) is 14.9 Å². The number of thioether (sulfide) groups is 1. The maximum absolute atomic E-state index is 6.31. The van der Waals surface area contributed by atoms with Crippen LogP contribution in [0.5, 0.6) is 0 Å². The highest BCUT2D eigenvalue weighted by Gasteiger charge is 2.12. The maximum Gasteiger partial charge on any atom is 0.212 e. The van der Waals surface area contributed by atoms with Gasteiger partial charge in [0.05, 0.1) is 18.5 Å². The number of nitrogens with zero attached hydrogens (tertiary/aromatic N) is 6. The third-order valence-corrected chi connectivity index (χ3v) is 6.43. The molecule has 0 fully saturated rings. The van der Waals surface area contributed by atoms with Crippen LogP contribution in [-0.4, -0.2) is 30.9 Å². The topological polar surface area (TPSA) is 60.9 Å². The Balaban J connectivity index is 1.49. The summed E-state index contributed by atoms with van der Waals surface area (Å²) in [6, 6.07) is 15.6. The predicted molar refractivity (Wildman–Crippen MR) is 126 cm³/mol. The summed E-state index contributed by atoms with van der Waals surface area (Å²) < 4.78 is 3.62. The molecule has 2 aromatic heterocycles. The van der Waals surface area contributed by atoms with Crippen molar-refractivity contribution in [3.63, 3.8) is 0 Å². The van der Waals surface area contributed by atoms with Gasteiger partial charge in [-0.15, -0.1) is 10.2 Å². The van der Waals surface area contributed by atoms with Crippen LogP contribution in [0, 0.1) is 13.8 Å². The van der Waals surface area contributed by atoms with Gasteiger partial charge in [0.2, 0.25) is 5.16 Å². The zero-order chi connectivity index (χ0) is 21.8. The summed E-state index contributed by atoms with van der Waals surface area (Å²) >= 11 is 13.8. The Kier molecular flexibility index (Phi) is 6.75. The van der Waals surface area contributed by atoms with E-state index in [1.54, 1.807) is 29.0 Å². The van der Waals surface area contributed by atoms with E-state index in [0.29, 0.717) is 11.7 Å². The molecule has 4 rings (SSSR count). The molecule has 0 atom stereocenters. The molecule has 0 bridgehead atoms. The second-order valence-electron chi connectivity index (χ2n) is 6.95. The molecule has 0 N–H and O–H groups in total. The molecule has 0 spiro atoms. The Hall–Kier alpha value is -2.61. The van der Waals surface area contributed by atoms with Gasteiger partial charge in [-0.05, 0) is 43.2 Å². The molecule has 9 heteroatoms. The van der Waals surface area contributed by atoms with Crippen LogP contribution in [-0.2, 0) is 12.3 Å². The van der Waals surface area contributed by atoms with Gasteiger partial charge in [0.25, 0.3) is 0 Å². The lowest BCUT2D eigenvalue weighted by atomic mass is 10.2. The van der Waals surface area contributed by atoms with Crippen LogP contribution in [0.25, 0.3) is 0 Å². The smallest absolute Gasteiger partial charge is 0.212 e. The van der Waals surface area contributed by atoms with E-state index < -0.39 is 0 Å². The van der Waals surface area contributed by atoms with Crippen LogP contribution < -0.4 is 0 Å². The van der Waals surface area contributed by atoms with Crippen molar-refractivity contribution in [2.45, 2.75) is 31.3 Å². The standard InChI is InChI=1S/C22H20Cl2N6S/c1-15-20(16(2)29(28-15)12-18-5-3-4-6-21(18)24)11-26-30-14-25-27-22(30)31-13-17-7-9-19(23)10-8-17/h3-11,14H,12-13H2,1-2H3/b26-11+. The van der Waals surface area contributed by atoms with Crippen molar-refractivity contribution in [1.29, 1.82) is 0 Å². The quantitative estimate of drug-likeness (QED) is 0.259. The second-order valence-corrected chi connectivity index (χ2v) is 8.74. The van der Waals surface area contributed by atoms with E-state index in [4.69, 9.17) is 23.2 Å². The first kappa shape index (κ1) is 21.6. The number of benzene rings is 2. The van der Waals surface area contributed by atoms with Crippen molar-refractivity contribution in [1.82, 2.24) is 24.7 Å². The molecule has 31 heavy (non-hydrogen) atoms. The van der Waals surface area contributed by atoms with E-state index in [1.807, 2.05) is 67.1 Å². The highest BCUT2D eigenvalue weighted by molar-refractivity contribution is 7.98. The molecule has 0 unspecified atom stereocenters. The SMILES string of the molecule is Cc1nn(Cc2ccccc2Cl)c(C)c1/C=N/n1cnnc1SCc1ccc(Cl)cc1. The first-order valence-electron chi connectivity index (χ1n) is 9.60. The van der Waals surface area contributed by atoms with Gasteiger partial charge >= 0.3 is 0 Å². The fraction of sp³-hybridized carbons (Fsp3) is 0.182. The molecule has 158 valence electrons. The molecule has 0 saturated carbocycles. The molecule has 2 heterocycles. The maximum atomic E-state index is 6.31. The minimum absolute atomic E-state index is 0.606. The van der Waals surface area contributed by atoms with Crippen molar-refractivity contribution >= 4 is 41.2 Å². The second kappa shape index (κ2) is 9.68. The van der Waals surface area contributed by atoms with Gasteiger partial charge in [0.15, 0.2) is 0 Å². The number of hydrogen-bond acceptors (Lipinski definition) is 5. The molecule has 0 aliphatic rings. The molecule has 0 amide bonds. The van der Waals surface area contributed by atoms with Gasteiger partial charge in [-0.25, -0.2) is 0 Å². The van der Waals surface area contributed by atoms with E-state index in [0.717, 1.165) is 43.9 Å². The summed E-state index contributed by atoms with van der Waals surface area (Å²) in [6.07, 6.45) is 3.40. The number of aromatic nitrogens is 5. The van der Waals surface area contributed by atoms with Gasteiger partial charge < -0.3 is 0 Å². The minimum Gasteiger partial charge on any atom is -0.264 e. The van der Waals surface area contributed by atoms with Crippen LogP contribution >= 0.6 is 35.0 Å². The molecular formula is C22H20Cl2N6S. The fourth-order valence-electron chi connectivity index (χ4n) is 3.08. The summed E-state index contributed by atoms with van der Waals surface area (Å²) in [5.74, 6) is 0.749. The Morgan fingerprint density at radius 1 is 1.06 bits per heavy atom. The summed E-state index contributed by atoms with van der Waals surface area (Å²) in [4.78, 5) is 0.